The van der Waals surface area contributed by atoms with E-state index in [0.717, 1.165) is 17.0 Å². The lowest BCUT2D eigenvalue weighted by Crippen LogP contribution is -2.31. The summed E-state index contributed by atoms with van der Waals surface area (Å²) < 4.78 is 67.3. The number of benzene rings is 3. The van der Waals surface area contributed by atoms with Gasteiger partial charge in [-0.15, -0.1) is 0 Å². The van der Waals surface area contributed by atoms with Crippen LogP contribution in [0.4, 0.5) is 13.2 Å². The van der Waals surface area contributed by atoms with Crippen LogP contribution < -0.4 is 19.6 Å². The van der Waals surface area contributed by atoms with Crippen LogP contribution in [0.15, 0.2) is 69.9 Å². The second-order valence-corrected chi connectivity index (χ2v) is 9.28. The van der Waals surface area contributed by atoms with Crippen molar-refractivity contribution >= 4 is 28.8 Å². The Kier molecular flexibility index (Phi) is 7.91. The molecule has 10 nitrogen and oxygen atoms in total. The summed E-state index contributed by atoms with van der Waals surface area (Å²) in [4.78, 5) is 52.3. The van der Waals surface area contributed by atoms with E-state index < -0.39 is 46.5 Å². The molecular formula is C30H22F3NO9. The van der Waals surface area contributed by atoms with Gasteiger partial charge in [0.05, 0.1) is 29.2 Å². The first kappa shape index (κ1) is 29.3. The van der Waals surface area contributed by atoms with Gasteiger partial charge >= 0.3 is 12.1 Å². The van der Waals surface area contributed by atoms with E-state index in [0.29, 0.717) is 18.8 Å². The van der Waals surface area contributed by atoms with Gasteiger partial charge in [-0.2, -0.15) is 13.2 Å². The van der Waals surface area contributed by atoms with Crippen LogP contribution >= 0.6 is 0 Å². The number of methoxy groups -OCH3 is 2. The van der Waals surface area contributed by atoms with Crippen molar-refractivity contribution in [3.05, 3.63) is 93.3 Å². The van der Waals surface area contributed by atoms with E-state index in [1.165, 1.54) is 62.8 Å². The van der Waals surface area contributed by atoms with Crippen LogP contribution in [0, 0.1) is 0 Å². The number of amides is 2. The van der Waals surface area contributed by atoms with Crippen LogP contribution in [0.5, 0.6) is 23.0 Å². The summed E-state index contributed by atoms with van der Waals surface area (Å²) in [5.41, 5.74) is -1.55. The maximum absolute atomic E-state index is 13.9. The Bertz CT molecular complexity index is 1800. The van der Waals surface area contributed by atoms with Crippen molar-refractivity contribution in [1.82, 2.24) is 4.90 Å². The molecule has 2 amide bonds. The molecule has 2 heterocycles. The first-order valence-corrected chi connectivity index (χ1v) is 12.7. The zero-order valence-corrected chi connectivity index (χ0v) is 22.7. The number of carbonyl (C=O) groups is 3. The fourth-order valence-corrected chi connectivity index (χ4v) is 4.41. The predicted molar refractivity (Wildman–Crippen MR) is 144 cm³/mol. The minimum absolute atomic E-state index is 0.0144. The number of esters is 1. The summed E-state index contributed by atoms with van der Waals surface area (Å²) in [6.07, 6.45) is -4.67. The summed E-state index contributed by atoms with van der Waals surface area (Å²) in [6.45, 7) is 0.480. The molecule has 0 unspecified atom stereocenters. The van der Waals surface area contributed by atoms with Gasteiger partial charge in [0, 0.05) is 26.3 Å². The quantitative estimate of drug-likeness (QED) is 0.107. The molecular weight excluding hydrogens is 575 g/mol. The Morgan fingerprint density at radius 2 is 1.53 bits per heavy atom. The van der Waals surface area contributed by atoms with Gasteiger partial charge < -0.3 is 23.4 Å². The normalized spacial score (nSPS) is 12.9. The smallest absolute Gasteiger partial charge is 0.453 e. The second-order valence-electron chi connectivity index (χ2n) is 9.28. The summed E-state index contributed by atoms with van der Waals surface area (Å²) in [5.74, 6) is -4.65. The topological polar surface area (TPSA) is 122 Å². The molecule has 0 N–H and O–H groups in total. The molecule has 0 aliphatic carbocycles. The van der Waals surface area contributed by atoms with Gasteiger partial charge in [-0.3, -0.25) is 19.3 Å². The lowest BCUT2D eigenvalue weighted by atomic mass is 10.1. The molecule has 13 heteroatoms. The number of hydrogen-bond donors (Lipinski definition) is 0. The molecule has 0 fully saturated rings. The molecule has 222 valence electrons. The van der Waals surface area contributed by atoms with Crippen LogP contribution in [0.1, 0.15) is 43.3 Å². The van der Waals surface area contributed by atoms with Crippen molar-refractivity contribution in [3.63, 3.8) is 0 Å². The zero-order chi connectivity index (χ0) is 30.9. The maximum Gasteiger partial charge on any atom is 0.453 e. The van der Waals surface area contributed by atoms with Gasteiger partial charge in [0.25, 0.3) is 17.6 Å². The molecule has 0 saturated carbocycles. The van der Waals surface area contributed by atoms with Gasteiger partial charge in [0.2, 0.25) is 11.2 Å². The number of fused-ring (bicyclic) bond motifs is 2. The molecule has 1 aromatic heterocycles. The number of carbonyl (C=O) groups excluding carboxylic acids is 3. The Hall–Kier alpha value is -5.17. The molecule has 5 rings (SSSR count). The van der Waals surface area contributed by atoms with E-state index in [-0.39, 0.29) is 40.1 Å². The maximum atomic E-state index is 13.9. The Labute approximate surface area is 241 Å². The molecule has 1 aliphatic heterocycles. The third-order valence-electron chi connectivity index (χ3n) is 6.51. The number of halogens is 3. The Morgan fingerprint density at radius 1 is 0.860 bits per heavy atom. The summed E-state index contributed by atoms with van der Waals surface area (Å²) >= 11 is 0. The minimum Gasteiger partial charge on any atom is -0.497 e. The lowest BCUT2D eigenvalue weighted by Gasteiger charge is -2.14. The molecule has 3 aromatic carbocycles. The molecule has 43 heavy (non-hydrogen) atoms. The number of alkyl halides is 3. The van der Waals surface area contributed by atoms with Gasteiger partial charge in [0.15, 0.2) is 0 Å². The summed E-state index contributed by atoms with van der Waals surface area (Å²) in [6, 6.07) is 12.6. The molecule has 0 bridgehead atoms. The van der Waals surface area contributed by atoms with Crippen LogP contribution in [0.2, 0.25) is 0 Å². The standard InChI is InChI=1S/C30H22F3NO9/c1-39-13-3-12-34-27(36)20-10-4-16(14-22(20)28(34)37)29(38)42-19-9-11-21-23(15-19)43-26(30(31,32)33)25(24(21)35)41-18-7-5-17(40-2)6-8-18/h4-11,14-15H,3,12-13H2,1-2H3. The van der Waals surface area contributed by atoms with Crippen molar-refractivity contribution in [1.29, 1.82) is 0 Å². The van der Waals surface area contributed by atoms with Crippen LogP contribution in [-0.2, 0) is 10.9 Å². The van der Waals surface area contributed by atoms with Crippen molar-refractivity contribution in [2.24, 2.45) is 0 Å². The highest BCUT2D eigenvalue weighted by Gasteiger charge is 2.41. The average molecular weight is 597 g/mol. The van der Waals surface area contributed by atoms with Gasteiger partial charge in [-0.25, -0.2) is 4.79 Å². The fourth-order valence-electron chi connectivity index (χ4n) is 4.41. The van der Waals surface area contributed by atoms with E-state index in [9.17, 15) is 32.3 Å². The highest BCUT2D eigenvalue weighted by molar-refractivity contribution is 6.22. The van der Waals surface area contributed by atoms with Crippen molar-refractivity contribution in [3.8, 4) is 23.0 Å². The first-order chi connectivity index (χ1) is 20.5. The van der Waals surface area contributed by atoms with E-state index in [1.54, 1.807) is 0 Å². The van der Waals surface area contributed by atoms with Crippen molar-refractivity contribution in [2.75, 3.05) is 27.4 Å². The zero-order valence-electron chi connectivity index (χ0n) is 22.7. The van der Waals surface area contributed by atoms with Gasteiger partial charge in [-0.1, -0.05) is 0 Å². The predicted octanol–water partition coefficient (Wildman–Crippen LogP) is 5.46. The highest BCUT2D eigenvalue weighted by Crippen LogP contribution is 2.39. The monoisotopic (exact) mass is 597 g/mol. The molecule has 0 atom stereocenters. The number of rotatable bonds is 9. The van der Waals surface area contributed by atoms with Crippen molar-refractivity contribution < 1.29 is 50.9 Å². The Balaban J connectivity index is 1.42. The van der Waals surface area contributed by atoms with Crippen molar-refractivity contribution in [2.45, 2.75) is 12.6 Å². The highest BCUT2D eigenvalue weighted by atomic mass is 19.4. The minimum atomic E-state index is -5.10. The van der Waals surface area contributed by atoms with E-state index >= 15 is 0 Å². The summed E-state index contributed by atoms with van der Waals surface area (Å²) in [7, 11) is 2.91. The van der Waals surface area contributed by atoms with Gasteiger partial charge in [-0.05, 0) is 61.0 Å². The molecule has 0 saturated heterocycles. The van der Waals surface area contributed by atoms with E-state index in [1.807, 2.05) is 0 Å². The molecule has 0 radical (unpaired) electrons. The number of hydrogen-bond acceptors (Lipinski definition) is 9. The van der Waals surface area contributed by atoms with Crippen LogP contribution in [0.25, 0.3) is 11.0 Å². The molecule has 1 aliphatic rings. The largest absolute Gasteiger partial charge is 0.497 e. The third kappa shape index (κ3) is 5.79. The second kappa shape index (κ2) is 11.6. The number of imide groups is 1. The molecule has 4 aromatic rings. The molecule has 0 spiro atoms. The van der Waals surface area contributed by atoms with Gasteiger partial charge in [0.1, 0.15) is 22.8 Å². The SMILES string of the molecule is COCCCN1C(=O)c2ccc(C(=O)Oc3ccc4c(=O)c(Oc5ccc(OC)cc5)c(C(F)(F)F)oc4c3)cc2C1=O. The Morgan fingerprint density at radius 3 is 2.21 bits per heavy atom. The average Bonchev–Trinajstić information content (AvgIpc) is 3.22. The van der Waals surface area contributed by atoms with E-state index in [4.69, 9.17) is 23.4 Å². The summed E-state index contributed by atoms with van der Waals surface area (Å²) in [5, 5.41) is -0.258. The third-order valence-corrected chi connectivity index (χ3v) is 6.51. The van der Waals surface area contributed by atoms with Crippen LogP contribution in [-0.4, -0.2) is 50.1 Å². The van der Waals surface area contributed by atoms with Crippen LogP contribution in [0.3, 0.4) is 0 Å². The number of ether oxygens (including phenoxy) is 4. The lowest BCUT2D eigenvalue weighted by molar-refractivity contribution is -0.154. The fraction of sp³-hybridized carbons (Fsp3) is 0.200. The van der Waals surface area contributed by atoms with E-state index in [2.05, 4.69) is 0 Å². The first-order valence-electron chi connectivity index (χ1n) is 12.7. The number of nitrogens with zero attached hydrogens (tertiary/aromatic N) is 1.